The van der Waals surface area contributed by atoms with Gasteiger partial charge in [0, 0.05) is 5.54 Å². The van der Waals surface area contributed by atoms with Crippen molar-refractivity contribution in [3.05, 3.63) is 0 Å². The van der Waals surface area contributed by atoms with Gasteiger partial charge in [-0.2, -0.15) is 0 Å². The van der Waals surface area contributed by atoms with Crippen molar-refractivity contribution in [2.75, 3.05) is 0 Å². The van der Waals surface area contributed by atoms with Crippen LogP contribution in [0.25, 0.3) is 0 Å². The molecule has 1 rings (SSSR count). The quantitative estimate of drug-likeness (QED) is 0.548. The summed E-state index contributed by atoms with van der Waals surface area (Å²) in [6.07, 6.45) is 0.745. The molecule has 1 aliphatic heterocycles. The number of amides is 1. The lowest BCUT2D eigenvalue weighted by molar-refractivity contribution is -0.120. The molecule has 1 aliphatic rings. The van der Waals surface area contributed by atoms with Gasteiger partial charge in [-0.3, -0.25) is 4.79 Å². The van der Waals surface area contributed by atoms with Gasteiger partial charge in [-0.05, 0) is 32.0 Å². The Morgan fingerprint density at radius 2 is 2.40 bits per heavy atom. The van der Waals surface area contributed by atoms with Gasteiger partial charge in [-0.1, -0.05) is 0 Å². The van der Waals surface area contributed by atoms with Crippen molar-refractivity contribution >= 4 is 17.7 Å². The first-order valence-corrected chi connectivity index (χ1v) is 3.61. The first-order chi connectivity index (χ1) is 4.55. The Hall–Kier alpha value is -0.280. The van der Waals surface area contributed by atoms with Crippen LogP contribution in [-0.2, 0) is 4.79 Å². The van der Waals surface area contributed by atoms with Crippen LogP contribution >= 0.6 is 11.8 Å². The number of carbonyl (C=O) groups is 1. The SMILES string of the molecule is CC1(C)CC(NCl)C(=O)N1. The lowest BCUT2D eigenvalue weighted by atomic mass is 10.0. The van der Waals surface area contributed by atoms with Gasteiger partial charge in [-0.15, -0.1) is 0 Å². The molecule has 1 unspecified atom stereocenters. The Bertz CT molecular complexity index is 158. The predicted octanol–water partition coefficient (Wildman–Crippen LogP) is 0.397. The molecule has 0 aromatic carbocycles. The van der Waals surface area contributed by atoms with E-state index in [0.29, 0.717) is 0 Å². The molecule has 10 heavy (non-hydrogen) atoms. The van der Waals surface area contributed by atoms with E-state index in [1.165, 1.54) is 0 Å². The summed E-state index contributed by atoms with van der Waals surface area (Å²) in [6, 6.07) is -0.225. The molecule has 1 fully saturated rings. The van der Waals surface area contributed by atoms with E-state index in [4.69, 9.17) is 11.8 Å². The van der Waals surface area contributed by atoms with Crippen LogP contribution in [0.15, 0.2) is 0 Å². The van der Waals surface area contributed by atoms with Crippen LogP contribution in [0.5, 0.6) is 0 Å². The van der Waals surface area contributed by atoms with Crippen molar-refractivity contribution in [1.82, 2.24) is 10.2 Å². The van der Waals surface area contributed by atoms with Crippen LogP contribution in [0.2, 0.25) is 0 Å². The van der Waals surface area contributed by atoms with Gasteiger partial charge >= 0.3 is 0 Å². The number of rotatable bonds is 1. The van der Waals surface area contributed by atoms with Gasteiger partial charge in [0.2, 0.25) is 5.91 Å². The zero-order valence-electron chi connectivity index (χ0n) is 6.07. The van der Waals surface area contributed by atoms with Gasteiger partial charge in [0.25, 0.3) is 0 Å². The molecular weight excluding hydrogens is 152 g/mol. The number of carbonyl (C=O) groups excluding carboxylic acids is 1. The summed E-state index contributed by atoms with van der Waals surface area (Å²) >= 11 is 5.32. The summed E-state index contributed by atoms with van der Waals surface area (Å²) in [7, 11) is 0. The Morgan fingerprint density at radius 1 is 1.80 bits per heavy atom. The third kappa shape index (κ3) is 1.41. The normalized spacial score (nSPS) is 30.3. The molecule has 0 bridgehead atoms. The molecule has 4 heteroatoms. The van der Waals surface area contributed by atoms with Crippen LogP contribution in [-0.4, -0.2) is 17.5 Å². The molecule has 0 aliphatic carbocycles. The third-order valence-electron chi connectivity index (χ3n) is 1.62. The molecule has 2 N–H and O–H groups in total. The molecule has 1 heterocycles. The molecule has 0 spiro atoms. The summed E-state index contributed by atoms with van der Waals surface area (Å²) < 4.78 is 0. The predicted molar refractivity (Wildman–Crippen MR) is 39.6 cm³/mol. The van der Waals surface area contributed by atoms with E-state index in [-0.39, 0.29) is 17.5 Å². The van der Waals surface area contributed by atoms with Crippen molar-refractivity contribution in [2.24, 2.45) is 0 Å². The molecule has 1 amide bonds. The van der Waals surface area contributed by atoms with Crippen molar-refractivity contribution in [2.45, 2.75) is 31.8 Å². The Balaban J connectivity index is 2.61. The summed E-state index contributed by atoms with van der Waals surface area (Å²) in [5.41, 5.74) is -0.107. The summed E-state index contributed by atoms with van der Waals surface area (Å²) in [5.74, 6) is -0.0139. The fourth-order valence-electron chi connectivity index (χ4n) is 1.16. The molecule has 0 saturated carbocycles. The van der Waals surface area contributed by atoms with E-state index in [2.05, 4.69) is 10.2 Å². The van der Waals surface area contributed by atoms with Gasteiger partial charge in [0.1, 0.15) is 6.04 Å². The van der Waals surface area contributed by atoms with Crippen LogP contribution in [0.1, 0.15) is 20.3 Å². The van der Waals surface area contributed by atoms with Crippen molar-refractivity contribution < 1.29 is 4.79 Å². The maximum atomic E-state index is 11.0. The first kappa shape index (κ1) is 7.82. The van der Waals surface area contributed by atoms with Crippen LogP contribution < -0.4 is 10.2 Å². The summed E-state index contributed by atoms with van der Waals surface area (Å²) in [6.45, 7) is 3.94. The molecule has 58 valence electrons. The monoisotopic (exact) mass is 162 g/mol. The Morgan fingerprint density at radius 3 is 2.60 bits per heavy atom. The maximum absolute atomic E-state index is 11.0. The summed E-state index contributed by atoms with van der Waals surface area (Å²) in [5, 5.41) is 2.81. The van der Waals surface area contributed by atoms with Crippen LogP contribution in [0, 0.1) is 0 Å². The zero-order valence-corrected chi connectivity index (χ0v) is 6.83. The average Bonchev–Trinajstić information content (AvgIpc) is 2.05. The minimum atomic E-state index is -0.225. The Kier molecular flexibility index (Phi) is 1.88. The fraction of sp³-hybridized carbons (Fsp3) is 0.833. The van der Waals surface area contributed by atoms with E-state index in [1.54, 1.807) is 0 Å². The van der Waals surface area contributed by atoms with Gasteiger partial charge < -0.3 is 5.32 Å². The van der Waals surface area contributed by atoms with Crippen molar-refractivity contribution in [3.63, 3.8) is 0 Å². The highest BCUT2D eigenvalue weighted by Crippen LogP contribution is 2.18. The molecule has 1 saturated heterocycles. The number of hydrogen-bond acceptors (Lipinski definition) is 2. The van der Waals surface area contributed by atoms with E-state index in [0.717, 1.165) is 6.42 Å². The smallest absolute Gasteiger partial charge is 0.238 e. The second-order valence-electron chi connectivity index (χ2n) is 3.24. The molecule has 0 aromatic rings. The van der Waals surface area contributed by atoms with Crippen molar-refractivity contribution in [3.8, 4) is 0 Å². The molecule has 1 atom stereocenters. The second kappa shape index (κ2) is 2.40. The van der Waals surface area contributed by atoms with Crippen LogP contribution in [0.3, 0.4) is 0 Å². The fourth-order valence-corrected chi connectivity index (χ4v) is 1.34. The molecule has 0 aromatic heterocycles. The van der Waals surface area contributed by atoms with E-state index < -0.39 is 0 Å². The highest BCUT2D eigenvalue weighted by molar-refractivity contribution is 6.15. The standard InChI is InChI=1S/C6H11ClN2O/c1-6(2)3-4(9-7)5(10)8-6/h4,9H,3H2,1-2H3,(H,8,10). The highest BCUT2D eigenvalue weighted by atomic mass is 35.5. The minimum Gasteiger partial charge on any atom is -0.350 e. The lowest BCUT2D eigenvalue weighted by Crippen LogP contribution is -2.35. The zero-order chi connectivity index (χ0) is 7.78. The third-order valence-corrected chi connectivity index (χ3v) is 1.89. The Labute approximate surface area is 65.2 Å². The van der Waals surface area contributed by atoms with E-state index in [1.807, 2.05) is 13.8 Å². The highest BCUT2D eigenvalue weighted by Gasteiger charge is 2.36. The largest absolute Gasteiger partial charge is 0.350 e. The molecular formula is C6H11ClN2O. The van der Waals surface area contributed by atoms with Gasteiger partial charge in [0.05, 0.1) is 0 Å². The number of nitrogens with one attached hydrogen (secondary N) is 2. The summed E-state index contributed by atoms with van der Waals surface area (Å²) in [4.78, 5) is 13.4. The topological polar surface area (TPSA) is 41.1 Å². The number of hydrogen-bond donors (Lipinski definition) is 2. The second-order valence-corrected chi connectivity index (χ2v) is 3.46. The lowest BCUT2D eigenvalue weighted by Gasteiger charge is -2.15. The van der Waals surface area contributed by atoms with Crippen molar-refractivity contribution in [1.29, 1.82) is 0 Å². The van der Waals surface area contributed by atoms with Gasteiger partial charge in [-0.25, -0.2) is 4.84 Å². The van der Waals surface area contributed by atoms with E-state index >= 15 is 0 Å². The minimum absolute atomic E-state index is 0.0139. The maximum Gasteiger partial charge on any atom is 0.238 e. The molecule has 3 nitrogen and oxygen atoms in total. The number of halogens is 1. The molecule has 0 radical (unpaired) electrons. The first-order valence-electron chi connectivity index (χ1n) is 3.23. The van der Waals surface area contributed by atoms with Gasteiger partial charge in [0.15, 0.2) is 0 Å². The average molecular weight is 163 g/mol. The van der Waals surface area contributed by atoms with Crippen LogP contribution in [0.4, 0.5) is 0 Å². The van der Waals surface area contributed by atoms with E-state index in [9.17, 15) is 4.79 Å².